The van der Waals surface area contributed by atoms with Crippen LogP contribution in [0.4, 0.5) is 3.89 Å². The highest BCUT2D eigenvalue weighted by molar-refractivity contribution is 7.89. The standard InChI is InChI=1S/C11H13FO3S/c1-11(2,3)14-10(13)8-4-6-9(7-5-8)15-16-12/h4-7H,1-3H3. The number of rotatable bonds is 3. The van der Waals surface area contributed by atoms with Crippen molar-refractivity contribution in [1.82, 2.24) is 0 Å². The molecule has 0 spiro atoms. The molecule has 0 saturated heterocycles. The van der Waals surface area contributed by atoms with Crippen LogP contribution >= 0.6 is 12.4 Å². The van der Waals surface area contributed by atoms with Crippen molar-refractivity contribution in [3.05, 3.63) is 29.8 Å². The smallest absolute Gasteiger partial charge is 0.338 e. The second-order valence-electron chi connectivity index (χ2n) is 4.17. The molecule has 0 radical (unpaired) electrons. The predicted octanol–water partition coefficient (Wildman–Crippen LogP) is 3.55. The Morgan fingerprint density at radius 1 is 1.25 bits per heavy atom. The number of hydrogen-bond acceptors (Lipinski definition) is 4. The molecule has 5 heteroatoms. The lowest BCUT2D eigenvalue weighted by atomic mass is 10.1. The molecular weight excluding hydrogens is 231 g/mol. The Morgan fingerprint density at radius 3 is 2.25 bits per heavy atom. The number of halogens is 1. The summed E-state index contributed by atoms with van der Waals surface area (Å²) in [5.41, 5.74) is -0.118. The quantitative estimate of drug-likeness (QED) is 0.601. The number of esters is 1. The third kappa shape index (κ3) is 4.10. The first kappa shape index (κ1) is 12.8. The molecule has 0 aliphatic rings. The van der Waals surface area contributed by atoms with E-state index in [1.807, 2.05) is 0 Å². The molecule has 0 saturated carbocycles. The Bertz CT molecular complexity index is 356. The molecule has 16 heavy (non-hydrogen) atoms. The monoisotopic (exact) mass is 244 g/mol. The zero-order valence-corrected chi connectivity index (χ0v) is 10.1. The summed E-state index contributed by atoms with van der Waals surface area (Å²) in [6.45, 7) is 5.38. The topological polar surface area (TPSA) is 35.5 Å². The SMILES string of the molecule is CC(C)(C)OC(=O)c1ccc(OSF)cc1. The van der Waals surface area contributed by atoms with Crippen molar-refractivity contribution >= 4 is 18.4 Å². The first-order valence-corrected chi connectivity index (χ1v) is 5.35. The van der Waals surface area contributed by atoms with Crippen LogP contribution in [-0.4, -0.2) is 11.6 Å². The molecule has 0 atom stereocenters. The van der Waals surface area contributed by atoms with Crippen molar-refractivity contribution in [3.8, 4) is 5.75 Å². The number of carbonyl (C=O) groups excluding carboxylic acids is 1. The molecule has 0 unspecified atom stereocenters. The van der Waals surface area contributed by atoms with Crippen molar-refractivity contribution in [2.75, 3.05) is 0 Å². The minimum Gasteiger partial charge on any atom is -0.456 e. The first-order valence-electron chi connectivity index (χ1n) is 4.71. The summed E-state index contributed by atoms with van der Waals surface area (Å²) >= 11 is -0.237. The normalized spacial score (nSPS) is 11.0. The number of carbonyl (C=O) groups is 1. The van der Waals surface area contributed by atoms with Crippen LogP contribution in [0.2, 0.25) is 0 Å². The van der Waals surface area contributed by atoms with Gasteiger partial charge in [-0.15, -0.1) is 3.89 Å². The Hall–Kier alpha value is -1.23. The van der Waals surface area contributed by atoms with Gasteiger partial charge in [-0.3, -0.25) is 0 Å². The van der Waals surface area contributed by atoms with Gasteiger partial charge in [-0.25, -0.2) is 4.79 Å². The van der Waals surface area contributed by atoms with Gasteiger partial charge in [0.25, 0.3) is 12.4 Å². The van der Waals surface area contributed by atoms with E-state index in [1.54, 1.807) is 20.8 Å². The van der Waals surface area contributed by atoms with Crippen LogP contribution in [-0.2, 0) is 4.74 Å². The average Bonchev–Trinajstić information content (AvgIpc) is 2.16. The zero-order chi connectivity index (χ0) is 12.2. The fourth-order valence-electron chi connectivity index (χ4n) is 1.02. The summed E-state index contributed by atoms with van der Waals surface area (Å²) in [6, 6.07) is 6.07. The van der Waals surface area contributed by atoms with E-state index in [4.69, 9.17) is 4.74 Å². The van der Waals surface area contributed by atoms with Crippen LogP contribution in [0.15, 0.2) is 24.3 Å². The maximum atomic E-state index is 11.8. The highest BCUT2D eigenvalue weighted by atomic mass is 32.2. The van der Waals surface area contributed by atoms with Gasteiger partial charge in [-0.05, 0) is 45.0 Å². The molecule has 0 aromatic heterocycles. The summed E-state index contributed by atoms with van der Waals surface area (Å²) < 4.78 is 21.5. The van der Waals surface area contributed by atoms with E-state index in [0.29, 0.717) is 11.3 Å². The highest BCUT2D eigenvalue weighted by Gasteiger charge is 2.17. The van der Waals surface area contributed by atoms with Crippen molar-refractivity contribution < 1.29 is 17.6 Å². The molecule has 0 aliphatic heterocycles. The molecule has 0 fully saturated rings. The molecule has 1 aromatic carbocycles. The first-order chi connectivity index (χ1) is 7.42. The second-order valence-corrected chi connectivity index (χ2v) is 4.47. The molecule has 1 aromatic rings. The molecule has 0 bridgehead atoms. The fraction of sp³-hybridized carbons (Fsp3) is 0.364. The van der Waals surface area contributed by atoms with Gasteiger partial charge in [0.05, 0.1) is 5.56 Å². The lowest BCUT2D eigenvalue weighted by Crippen LogP contribution is -2.23. The van der Waals surface area contributed by atoms with E-state index in [0.717, 1.165) is 0 Å². The summed E-state index contributed by atoms with van der Waals surface area (Å²) in [6.07, 6.45) is 0. The van der Waals surface area contributed by atoms with Crippen LogP contribution < -0.4 is 4.18 Å². The molecule has 1 rings (SSSR count). The second kappa shape index (κ2) is 5.21. The third-order valence-electron chi connectivity index (χ3n) is 1.62. The Balaban J connectivity index is 2.70. The largest absolute Gasteiger partial charge is 0.456 e. The van der Waals surface area contributed by atoms with Gasteiger partial charge < -0.3 is 8.92 Å². The van der Waals surface area contributed by atoms with Crippen molar-refractivity contribution in [1.29, 1.82) is 0 Å². The molecule has 88 valence electrons. The minimum atomic E-state index is -0.527. The van der Waals surface area contributed by atoms with Crippen LogP contribution in [0.25, 0.3) is 0 Å². The van der Waals surface area contributed by atoms with E-state index in [2.05, 4.69) is 4.18 Å². The van der Waals surface area contributed by atoms with Gasteiger partial charge in [0.1, 0.15) is 11.4 Å². The van der Waals surface area contributed by atoms with Gasteiger partial charge in [0.15, 0.2) is 0 Å². The van der Waals surface area contributed by atoms with E-state index >= 15 is 0 Å². The zero-order valence-electron chi connectivity index (χ0n) is 9.32. The van der Waals surface area contributed by atoms with E-state index in [1.165, 1.54) is 24.3 Å². The Labute approximate surface area is 98.4 Å². The Morgan fingerprint density at radius 2 is 1.81 bits per heavy atom. The van der Waals surface area contributed by atoms with Crippen LogP contribution in [0, 0.1) is 0 Å². The van der Waals surface area contributed by atoms with Crippen LogP contribution in [0.3, 0.4) is 0 Å². The van der Waals surface area contributed by atoms with E-state index in [-0.39, 0.29) is 12.4 Å². The lowest BCUT2D eigenvalue weighted by Gasteiger charge is -2.19. The minimum absolute atomic E-state index is 0.237. The summed E-state index contributed by atoms with van der Waals surface area (Å²) in [5, 5.41) is 0. The van der Waals surface area contributed by atoms with Gasteiger partial charge >= 0.3 is 5.97 Å². The summed E-state index contributed by atoms with van der Waals surface area (Å²) in [4.78, 5) is 11.6. The van der Waals surface area contributed by atoms with Gasteiger partial charge in [0, 0.05) is 0 Å². The van der Waals surface area contributed by atoms with Crippen molar-refractivity contribution in [2.24, 2.45) is 0 Å². The summed E-state index contributed by atoms with van der Waals surface area (Å²) in [5.74, 6) is -0.0632. The van der Waals surface area contributed by atoms with Crippen LogP contribution in [0.5, 0.6) is 5.75 Å². The molecule has 0 heterocycles. The number of ether oxygens (including phenoxy) is 1. The predicted molar refractivity (Wildman–Crippen MR) is 60.9 cm³/mol. The maximum absolute atomic E-state index is 11.8. The van der Waals surface area contributed by atoms with Gasteiger partial charge in [-0.2, -0.15) is 0 Å². The fourth-order valence-corrected chi connectivity index (χ4v) is 1.20. The molecule has 0 amide bonds. The molecular formula is C11H13FO3S. The van der Waals surface area contributed by atoms with E-state index in [9.17, 15) is 8.68 Å². The third-order valence-corrected chi connectivity index (χ3v) is 1.87. The number of hydrogen-bond donors (Lipinski definition) is 0. The van der Waals surface area contributed by atoms with Crippen LogP contribution in [0.1, 0.15) is 31.1 Å². The molecule has 0 aliphatic carbocycles. The highest BCUT2D eigenvalue weighted by Crippen LogP contribution is 2.19. The van der Waals surface area contributed by atoms with Gasteiger partial charge in [0.2, 0.25) is 0 Å². The molecule has 0 N–H and O–H groups in total. The number of benzene rings is 1. The Kier molecular flexibility index (Phi) is 4.18. The van der Waals surface area contributed by atoms with E-state index < -0.39 is 11.6 Å². The van der Waals surface area contributed by atoms with Crippen molar-refractivity contribution in [2.45, 2.75) is 26.4 Å². The maximum Gasteiger partial charge on any atom is 0.338 e. The lowest BCUT2D eigenvalue weighted by molar-refractivity contribution is 0.00696. The van der Waals surface area contributed by atoms with Crippen molar-refractivity contribution in [3.63, 3.8) is 0 Å². The van der Waals surface area contributed by atoms with Gasteiger partial charge in [-0.1, -0.05) is 0 Å². The summed E-state index contributed by atoms with van der Waals surface area (Å²) in [7, 11) is 0. The molecule has 3 nitrogen and oxygen atoms in total. The average molecular weight is 244 g/mol.